The molecule has 0 aliphatic carbocycles. The van der Waals surface area contributed by atoms with E-state index in [0.29, 0.717) is 12.1 Å². The lowest BCUT2D eigenvalue weighted by molar-refractivity contribution is -0.309. The van der Waals surface area contributed by atoms with Crippen LogP contribution < -0.4 is 5.11 Å². The summed E-state index contributed by atoms with van der Waals surface area (Å²) in [5.74, 6) is -1.60. The number of aliphatic carboxylic acids is 1. The van der Waals surface area contributed by atoms with Gasteiger partial charge in [0.1, 0.15) is 0 Å². The molecule has 0 heterocycles. The van der Waals surface area contributed by atoms with Crippen LogP contribution in [0.3, 0.4) is 0 Å². The molecule has 1 unspecified atom stereocenters. The van der Waals surface area contributed by atoms with Crippen LogP contribution in [0.4, 0.5) is 5.69 Å². The Labute approximate surface area is 109 Å². The van der Waals surface area contributed by atoms with Gasteiger partial charge in [-0.3, -0.25) is 4.99 Å². The fourth-order valence-corrected chi connectivity index (χ4v) is 1.88. The van der Waals surface area contributed by atoms with Crippen molar-refractivity contribution in [2.24, 2.45) is 10.9 Å². The second-order valence-electron chi connectivity index (χ2n) is 4.46. The molecule has 0 aliphatic rings. The van der Waals surface area contributed by atoms with Crippen molar-refractivity contribution in [1.82, 2.24) is 0 Å². The van der Waals surface area contributed by atoms with E-state index in [-0.39, 0.29) is 0 Å². The van der Waals surface area contributed by atoms with E-state index >= 15 is 0 Å². The molecule has 0 aliphatic heterocycles. The van der Waals surface area contributed by atoms with E-state index in [0.717, 1.165) is 24.9 Å². The number of carboxylic acid groups (broad SMARTS) is 1. The first-order chi connectivity index (χ1) is 8.65. The highest BCUT2D eigenvalue weighted by Crippen LogP contribution is 2.16. The Morgan fingerprint density at radius 3 is 2.50 bits per heavy atom. The van der Waals surface area contributed by atoms with Gasteiger partial charge in [-0.05, 0) is 25.5 Å². The Balaban J connectivity index is 2.73. The highest BCUT2D eigenvalue weighted by molar-refractivity contribution is 6.00. The lowest BCUT2D eigenvalue weighted by Crippen LogP contribution is -2.35. The van der Waals surface area contributed by atoms with Gasteiger partial charge in [0.25, 0.3) is 0 Å². The zero-order chi connectivity index (χ0) is 13.4. The van der Waals surface area contributed by atoms with Crippen molar-refractivity contribution in [2.45, 2.75) is 39.5 Å². The van der Waals surface area contributed by atoms with E-state index in [1.165, 1.54) is 0 Å². The molecule has 0 aromatic heterocycles. The summed E-state index contributed by atoms with van der Waals surface area (Å²) in [6.45, 7) is 3.86. The third-order valence-corrected chi connectivity index (χ3v) is 2.95. The number of unbranched alkanes of at least 4 members (excludes halogenated alkanes) is 2. The fourth-order valence-electron chi connectivity index (χ4n) is 1.88. The van der Waals surface area contributed by atoms with Gasteiger partial charge in [0.05, 0.1) is 11.7 Å². The number of rotatable bonds is 7. The Morgan fingerprint density at radius 1 is 1.28 bits per heavy atom. The highest BCUT2D eigenvalue weighted by Gasteiger charge is 2.13. The van der Waals surface area contributed by atoms with Crippen molar-refractivity contribution in [2.75, 3.05) is 0 Å². The van der Waals surface area contributed by atoms with Crippen LogP contribution in [0.2, 0.25) is 0 Å². The second-order valence-corrected chi connectivity index (χ2v) is 4.46. The number of para-hydroxylation sites is 1. The second kappa shape index (κ2) is 7.64. The zero-order valence-corrected chi connectivity index (χ0v) is 11.1. The van der Waals surface area contributed by atoms with Crippen LogP contribution >= 0.6 is 0 Å². The highest BCUT2D eigenvalue weighted by atomic mass is 16.4. The summed E-state index contributed by atoms with van der Waals surface area (Å²) in [7, 11) is 0. The largest absolute Gasteiger partial charge is 0.549 e. The molecule has 0 N–H and O–H groups in total. The molecule has 1 aromatic carbocycles. The minimum Gasteiger partial charge on any atom is -0.549 e. The standard InChI is InChI=1S/C15H21NO2/c1-3-4-6-11-14(15(17)18)12(2)16-13-9-7-5-8-10-13/h5,7-10,14H,3-4,6,11H2,1-2H3,(H,17,18)/p-1. The average Bonchev–Trinajstić information content (AvgIpc) is 2.35. The van der Waals surface area contributed by atoms with E-state index in [4.69, 9.17) is 0 Å². The van der Waals surface area contributed by atoms with E-state index in [2.05, 4.69) is 11.9 Å². The first kappa shape index (κ1) is 14.4. The molecular weight excluding hydrogens is 226 g/mol. The van der Waals surface area contributed by atoms with Gasteiger partial charge in [-0.15, -0.1) is 0 Å². The summed E-state index contributed by atoms with van der Waals surface area (Å²) < 4.78 is 0. The minimum atomic E-state index is -1.02. The smallest absolute Gasteiger partial charge is 0.0629 e. The molecule has 0 saturated carbocycles. The van der Waals surface area contributed by atoms with Crippen LogP contribution in [0, 0.1) is 5.92 Å². The van der Waals surface area contributed by atoms with Crippen LogP contribution in [-0.2, 0) is 4.79 Å². The zero-order valence-electron chi connectivity index (χ0n) is 11.1. The average molecular weight is 246 g/mol. The molecule has 3 nitrogen and oxygen atoms in total. The molecule has 1 rings (SSSR count). The number of aliphatic imine (C=N–C) groups is 1. The lowest BCUT2D eigenvalue weighted by Gasteiger charge is -2.17. The summed E-state index contributed by atoms with van der Waals surface area (Å²) in [6.07, 6.45) is 3.63. The molecule has 0 bridgehead atoms. The van der Waals surface area contributed by atoms with Crippen molar-refractivity contribution in [3.8, 4) is 0 Å². The molecule has 0 saturated heterocycles. The van der Waals surface area contributed by atoms with Gasteiger partial charge in [0.2, 0.25) is 0 Å². The normalized spacial score (nSPS) is 13.3. The van der Waals surface area contributed by atoms with Crippen LogP contribution in [-0.4, -0.2) is 11.7 Å². The number of carbonyl (C=O) groups is 1. The van der Waals surface area contributed by atoms with E-state index in [1.54, 1.807) is 6.92 Å². The van der Waals surface area contributed by atoms with Crippen LogP contribution in [0.15, 0.2) is 35.3 Å². The van der Waals surface area contributed by atoms with Gasteiger partial charge >= 0.3 is 0 Å². The maximum atomic E-state index is 11.1. The number of carboxylic acids is 1. The summed E-state index contributed by atoms with van der Waals surface area (Å²) >= 11 is 0. The Bertz CT molecular complexity index is 398. The molecule has 1 atom stereocenters. The topological polar surface area (TPSA) is 52.5 Å². The maximum absolute atomic E-state index is 11.1. The predicted molar refractivity (Wildman–Crippen MR) is 71.9 cm³/mol. The first-order valence-electron chi connectivity index (χ1n) is 6.46. The third kappa shape index (κ3) is 4.70. The summed E-state index contributed by atoms with van der Waals surface area (Å²) in [6, 6.07) is 9.41. The molecule has 3 heteroatoms. The van der Waals surface area contributed by atoms with E-state index in [9.17, 15) is 9.90 Å². The summed E-state index contributed by atoms with van der Waals surface area (Å²) in [4.78, 5) is 15.5. The number of carbonyl (C=O) groups excluding carboxylic acids is 1. The molecule has 0 radical (unpaired) electrons. The SMILES string of the molecule is CCCCCC(C(=O)[O-])C(C)=Nc1ccccc1. The van der Waals surface area contributed by atoms with E-state index in [1.807, 2.05) is 30.3 Å². The molecular formula is C15H20NO2-. The van der Waals surface area contributed by atoms with Gasteiger partial charge in [-0.25, -0.2) is 0 Å². The molecule has 98 valence electrons. The predicted octanol–water partition coefficient (Wildman–Crippen LogP) is 2.73. The molecule has 18 heavy (non-hydrogen) atoms. The number of hydrogen-bond acceptors (Lipinski definition) is 3. The van der Waals surface area contributed by atoms with Gasteiger partial charge in [-0.1, -0.05) is 44.4 Å². The van der Waals surface area contributed by atoms with Crippen molar-refractivity contribution in [1.29, 1.82) is 0 Å². The van der Waals surface area contributed by atoms with Crippen molar-refractivity contribution < 1.29 is 9.90 Å². The number of benzene rings is 1. The third-order valence-electron chi connectivity index (χ3n) is 2.95. The quantitative estimate of drug-likeness (QED) is 0.548. The number of hydrogen-bond donors (Lipinski definition) is 0. The molecule has 0 spiro atoms. The monoisotopic (exact) mass is 246 g/mol. The van der Waals surface area contributed by atoms with Gasteiger partial charge in [-0.2, -0.15) is 0 Å². The maximum Gasteiger partial charge on any atom is 0.0629 e. The first-order valence-corrected chi connectivity index (χ1v) is 6.46. The number of nitrogens with zero attached hydrogens (tertiary/aromatic N) is 1. The Hall–Kier alpha value is -1.64. The summed E-state index contributed by atoms with van der Waals surface area (Å²) in [5.41, 5.74) is 1.41. The van der Waals surface area contributed by atoms with Crippen LogP contribution in [0.1, 0.15) is 39.5 Å². The van der Waals surface area contributed by atoms with Gasteiger partial charge in [0, 0.05) is 11.6 Å². The van der Waals surface area contributed by atoms with Crippen molar-refractivity contribution >= 4 is 17.4 Å². The fraction of sp³-hybridized carbons (Fsp3) is 0.467. The van der Waals surface area contributed by atoms with Crippen LogP contribution in [0.25, 0.3) is 0 Å². The lowest BCUT2D eigenvalue weighted by atomic mass is 9.97. The van der Waals surface area contributed by atoms with Gasteiger partial charge in [0.15, 0.2) is 0 Å². The summed E-state index contributed by atoms with van der Waals surface area (Å²) in [5, 5.41) is 11.1. The molecule has 0 fully saturated rings. The van der Waals surface area contributed by atoms with Crippen LogP contribution in [0.5, 0.6) is 0 Å². The van der Waals surface area contributed by atoms with Crippen molar-refractivity contribution in [3.05, 3.63) is 30.3 Å². The Morgan fingerprint density at radius 2 is 1.94 bits per heavy atom. The molecule has 1 aromatic rings. The van der Waals surface area contributed by atoms with Gasteiger partial charge < -0.3 is 9.90 Å². The van der Waals surface area contributed by atoms with E-state index < -0.39 is 11.9 Å². The van der Waals surface area contributed by atoms with Crippen molar-refractivity contribution in [3.63, 3.8) is 0 Å². The molecule has 0 amide bonds. The minimum absolute atomic E-state index is 0.572. The Kier molecular flexibility index (Phi) is 6.12.